The SMILES string of the molecule is C[C@@H](CC(=O)O)NC(=O)c1ccc2c(c1)CCC2. The molecule has 1 aromatic carbocycles. The van der Waals surface area contributed by atoms with Gasteiger partial charge in [-0.3, -0.25) is 9.59 Å². The van der Waals surface area contributed by atoms with Crippen molar-refractivity contribution < 1.29 is 14.7 Å². The number of rotatable bonds is 4. The van der Waals surface area contributed by atoms with Gasteiger partial charge in [0.2, 0.25) is 0 Å². The maximum absolute atomic E-state index is 11.9. The molecular weight excluding hydrogens is 230 g/mol. The number of carboxylic acids is 1. The van der Waals surface area contributed by atoms with Crippen LogP contribution in [0.3, 0.4) is 0 Å². The molecule has 1 aliphatic rings. The van der Waals surface area contributed by atoms with E-state index in [1.165, 1.54) is 11.1 Å². The van der Waals surface area contributed by atoms with E-state index in [1.807, 2.05) is 18.2 Å². The van der Waals surface area contributed by atoms with Crippen LogP contribution in [-0.2, 0) is 17.6 Å². The number of nitrogens with one attached hydrogen (secondary N) is 1. The first-order valence-electron chi connectivity index (χ1n) is 6.20. The number of hydrogen-bond acceptors (Lipinski definition) is 2. The van der Waals surface area contributed by atoms with Crippen molar-refractivity contribution in [2.24, 2.45) is 0 Å². The Bertz CT molecular complexity index is 482. The fourth-order valence-electron chi connectivity index (χ4n) is 2.33. The van der Waals surface area contributed by atoms with E-state index in [-0.39, 0.29) is 18.4 Å². The van der Waals surface area contributed by atoms with Crippen LogP contribution in [-0.4, -0.2) is 23.0 Å². The Kier molecular flexibility index (Phi) is 3.65. The molecule has 1 amide bonds. The van der Waals surface area contributed by atoms with Gasteiger partial charge in [-0.25, -0.2) is 0 Å². The Balaban J connectivity index is 2.03. The van der Waals surface area contributed by atoms with Gasteiger partial charge in [0, 0.05) is 11.6 Å². The molecule has 0 aromatic heterocycles. The van der Waals surface area contributed by atoms with Gasteiger partial charge in [-0.15, -0.1) is 0 Å². The Hall–Kier alpha value is -1.84. The minimum Gasteiger partial charge on any atom is -0.481 e. The van der Waals surface area contributed by atoms with Gasteiger partial charge in [0.15, 0.2) is 0 Å². The lowest BCUT2D eigenvalue weighted by Crippen LogP contribution is -2.34. The van der Waals surface area contributed by atoms with Crippen molar-refractivity contribution in [3.8, 4) is 0 Å². The molecule has 0 unspecified atom stereocenters. The maximum atomic E-state index is 11.9. The molecule has 0 spiro atoms. The number of amides is 1. The standard InChI is InChI=1S/C14H17NO3/c1-9(7-13(16)17)15-14(18)12-6-5-10-3-2-4-11(10)8-12/h5-6,8-9H,2-4,7H2,1H3,(H,15,18)(H,16,17)/t9-/m0/s1. The van der Waals surface area contributed by atoms with E-state index in [2.05, 4.69) is 5.32 Å². The van der Waals surface area contributed by atoms with E-state index in [0.29, 0.717) is 5.56 Å². The van der Waals surface area contributed by atoms with E-state index < -0.39 is 5.97 Å². The first-order valence-corrected chi connectivity index (χ1v) is 6.20. The lowest BCUT2D eigenvalue weighted by atomic mass is 10.1. The number of carbonyl (C=O) groups is 2. The second-order valence-electron chi connectivity index (χ2n) is 4.81. The summed E-state index contributed by atoms with van der Waals surface area (Å²) in [6.45, 7) is 1.69. The summed E-state index contributed by atoms with van der Waals surface area (Å²) in [6.07, 6.45) is 3.21. The molecule has 0 saturated carbocycles. The number of carbonyl (C=O) groups excluding carboxylic acids is 1. The number of benzene rings is 1. The van der Waals surface area contributed by atoms with Crippen molar-refractivity contribution in [1.82, 2.24) is 5.32 Å². The van der Waals surface area contributed by atoms with Gasteiger partial charge in [-0.2, -0.15) is 0 Å². The zero-order valence-corrected chi connectivity index (χ0v) is 10.4. The van der Waals surface area contributed by atoms with Gasteiger partial charge in [0.05, 0.1) is 6.42 Å². The summed E-state index contributed by atoms with van der Waals surface area (Å²) in [7, 11) is 0. The van der Waals surface area contributed by atoms with Crippen LogP contribution in [0.15, 0.2) is 18.2 Å². The predicted molar refractivity (Wildman–Crippen MR) is 67.6 cm³/mol. The molecule has 96 valence electrons. The minimum absolute atomic E-state index is 0.0588. The molecule has 0 radical (unpaired) electrons. The summed E-state index contributed by atoms with van der Waals surface area (Å²) >= 11 is 0. The maximum Gasteiger partial charge on any atom is 0.305 e. The smallest absolute Gasteiger partial charge is 0.305 e. The van der Waals surface area contributed by atoms with Crippen LogP contribution in [0.1, 0.15) is 41.3 Å². The van der Waals surface area contributed by atoms with Crippen molar-refractivity contribution in [2.45, 2.75) is 38.6 Å². The summed E-state index contributed by atoms with van der Waals surface area (Å²) in [5, 5.41) is 11.3. The van der Waals surface area contributed by atoms with Crippen LogP contribution in [0.25, 0.3) is 0 Å². The largest absolute Gasteiger partial charge is 0.481 e. The summed E-state index contributed by atoms with van der Waals surface area (Å²) in [6, 6.07) is 5.38. The minimum atomic E-state index is -0.906. The van der Waals surface area contributed by atoms with E-state index in [9.17, 15) is 9.59 Å². The third kappa shape index (κ3) is 2.88. The molecule has 2 N–H and O–H groups in total. The van der Waals surface area contributed by atoms with Crippen molar-refractivity contribution in [2.75, 3.05) is 0 Å². The molecule has 0 bridgehead atoms. The van der Waals surface area contributed by atoms with Gasteiger partial charge in [0.1, 0.15) is 0 Å². The molecule has 18 heavy (non-hydrogen) atoms. The van der Waals surface area contributed by atoms with Crippen molar-refractivity contribution in [3.05, 3.63) is 34.9 Å². The monoisotopic (exact) mass is 247 g/mol. The van der Waals surface area contributed by atoms with Crippen LogP contribution in [0.2, 0.25) is 0 Å². The molecule has 1 aliphatic carbocycles. The summed E-state index contributed by atoms with van der Waals surface area (Å²) in [4.78, 5) is 22.5. The molecule has 1 atom stereocenters. The highest BCUT2D eigenvalue weighted by atomic mass is 16.4. The Labute approximate surface area is 106 Å². The lowest BCUT2D eigenvalue weighted by molar-refractivity contribution is -0.137. The second kappa shape index (κ2) is 5.21. The first kappa shape index (κ1) is 12.6. The summed E-state index contributed by atoms with van der Waals surface area (Å²) in [5.74, 6) is -1.10. The van der Waals surface area contributed by atoms with E-state index >= 15 is 0 Å². The van der Waals surface area contributed by atoms with Crippen LogP contribution in [0, 0.1) is 0 Å². The van der Waals surface area contributed by atoms with Gasteiger partial charge in [-0.1, -0.05) is 6.07 Å². The van der Waals surface area contributed by atoms with E-state index in [4.69, 9.17) is 5.11 Å². The first-order chi connectivity index (χ1) is 8.56. The highest BCUT2D eigenvalue weighted by Gasteiger charge is 2.16. The Morgan fingerprint density at radius 1 is 1.33 bits per heavy atom. The lowest BCUT2D eigenvalue weighted by Gasteiger charge is -2.12. The number of aliphatic carboxylic acids is 1. The highest BCUT2D eigenvalue weighted by molar-refractivity contribution is 5.94. The molecule has 4 heteroatoms. The van der Waals surface area contributed by atoms with Crippen LogP contribution in [0.4, 0.5) is 0 Å². The molecule has 0 saturated heterocycles. The van der Waals surface area contributed by atoms with Crippen molar-refractivity contribution in [1.29, 1.82) is 0 Å². The molecule has 0 aliphatic heterocycles. The zero-order valence-electron chi connectivity index (χ0n) is 10.4. The molecular formula is C14H17NO3. The van der Waals surface area contributed by atoms with Gasteiger partial charge >= 0.3 is 5.97 Å². The van der Waals surface area contributed by atoms with Gasteiger partial charge in [0.25, 0.3) is 5.91 Å². The summed E-state index contributed by atoms with van der Waals surface area (Å²) < 4.78 is 0. The molecule has 0 heterocycles. The van der Waals surface area contributed by atoms with Gasteiger partial charge < -0.3 is 10.4 Å². The number of carboxylic acid groups (broad SMARTS) is 1. The zero-order chi connectivity index (χ0) is 13.1. The van der Waals surface area contributed by atoms with Gasteiger partial charge in [-0.05, 0) is 49.4 Å². The fraction of sp³-hybridized carbons (Fsp3) is 0.429. The quantitative estimate of drug-likeness (QED) is 0.852. The normalized spacial score (nSPS) is 14.9. The Morgan fingerprint density at radius 3 is 2.78 bits per heavy atom. The molecule has 0 fully saturated rings. The summed E-state index contributed by atoms with van der Waals surface area (Å²) in [5.41, 5.74) is 3.19. The van der Waals surface area contributed by atoms with Crippen molar-refractivity contribution >= 4 is 11.9 Å². The Morgan fingerprint density at radius 2 is 2.06 bits per heavy atom. The molecule has 1 aromatic rings. The number of fused-ring (bicyclic) bond motifs is 1. The average Bonchev–Trinajstić information content (AvgIpc) is 2.74. The average molecular weight is 247 g/mol. The molecule has 4 nitrogen and oxygen atoms in total. The second-order valence-corrected chi connectivity index (χ2v) is 4.81. The van der Waals surface area contributed by atoms with Crippen molar-refractivity contribution in [3.63, 3.8) is 0 Å². The number of hydrogen-bond donors (Lipinski definition) is 2. The number of aryl methyl sites for hydroxylation is 2. The van der Waals surface area contributed by atoms with E-state index in [1.54, 1.807) is 6.92 Å². The fourth-order valence-corrected chi connectivity index (χ4v) is 2.33. The highest BCUT2D eigenvalue weighted by Crippen LogP contribution is 2.22. The topological polar surface area (TPSA) is 66.4 Å². The van der Waals surface area contributed by atoms with Crippen LogP contribution >= 0.6 is 0 Å². The van der Waals surface area contributed by atoms with Crippen LogP contribution in [0.5, 0.6) is 0 Å². The third-order valence-electron chi connectivity index (χ3n) is 3.22. The third-order valence-corrected chi connectivity index (χ3v) is 3.22. The predicted octanol–water partition coefficient (Wildman–Crippen LogP) is 1.77. The molecule has 2 rings (SSSR count). The van der Waals surface area contributed by atoms with Crippen LogP contribution < -0.4 is 5.32 Å². The van der Waals surface area contributed by atoms with E-state index in [0.717, 1.165) is 19.3 Å².